The highest BCUT2D eigenvalue weighted by atomic mass is 16.5. The maximum absolute atomic E-state index is 5.90. The molecule has 0 aliphatic rings. The molecular weight excluding hydrogens is 398 g/mol. The molecule has 2 heterocycles. The molecule has 0 radical (unpaired) electrons. The number of ether oxygens (including phenoxy) is 1. The molecule has 0 fully saturated rings. The topological polar surface area (TPSA) is 64.9 Å². The van der Waals surface area contributed by atoms with Crippen LogP contribution in [0.25, 0.3) is 17.1 Å². The molecule has 156 valence electrons. The molecule has 6 heteroatoms. The summed E-state index contributed by atoms with van der Waals surface area (Å²) in [6, 6.07) is 29.7. The van der Waals surface area contributed by atoms with Gasteiger partial charge in [0.15, 0.2) is 5.82 Å². The number of rotatable bonds is 7. The van der Waals surface area contributed by atoms with E-state index in [2.05, 4.69) is 20.5 Å². The second-order valence-corrected chi connectivity index (χ2v) is 7.19. The molecule has 0 amide bonds. The number of benzene rings is 3. The summed E-state index contributed by atoms with van der Waals surface area (Å²) < 4.78 is 7.88. The Hall–Kier alpha value is -4.45. The van der Waals surface area contributed by atoms with Crippen molar-refractivity contribution in [2.75, 3.05) is 5.32 Å². The first-order valence-corrected chi connectivity index (χ1v) is 10.3. The molecule has 6 nitrogen and oxygen atoms in total. The van der Waals surface area contributed by atoms with Gasteiger partial charge in [-0.05, 0) is 66.2 Å². The Morgan fingerprint density at radius 2 is 1.47 bits per heavy atom. The van der Waals surface area contributed by atoms with Crippen molar-refractivity contribution in [3.8, 4) is 28.6 Å². The molecule has 5 aromatic rings. The molecule has 0 saturated heterocycles. The molecular formula is C26H21N5O. The van der Waals surface area contributed by atoms with Gasteiger partial charge in [-0.25, -0.2) is 0 Å². The van der Waals surface area contributed by atoms with E-state index in [0.717, 1.165) is 39.8 Å². The van der Waals surface area contributed by atoms with E-state index in [-0.39, 0.29) is 0 Å². The van der Waals surface area contributed by atoms with E-state index in [1.165, 1.54) is 0 Å². The van der Waals surface area contributed by atoms with Crippen molar-refractivity contribution < 1.29 is 4.74 Å². The van der Waals surface area contributed by atoms with Gasteiger partial charge < -0.3 is 10.1 Å². The van der Waals surface area contributed by atoms with Crippen LogP contribution in [0.1, 0.15) is 5.56 Å². The summed E-state index contributed by atoms with van der Waals surface area (Å²) in [5, 5.41) is 12.1. The average Bonchev–Trinajstić information content (AvgIpc) is 3.34. The number of aromatic nitrogens is 4. The summed E-state index contributed by atoms with van der Waals surface area (Å²) in [5.74, 6) is 2.34. The minimum absolute atomic E-state index is 0.694. The van der Waals surface area contributed by atoms with Crippen LogP contribution in [0.15, 0.2) is 110 Å². The lowest BCUT2D eigenvalue weighted by molar-refractivity contribution is 0.482. The minimum Gasteiger partial charge on any atom is -0.457 e. The maximum Gasteiger partial charge on any atom is 0.170 e. The largest absolute Gasteiger partial charge is 0.457 e. The highest BCUT2D eigenvalue weighted by molar-refractivity contribution is 5.74. The van der Waals surface area contributed by atoms with E-state index in [9.17, 15) is 0 Å². The smallest absolute Gasteiger partial charge is 0.170 e. The van der Waals surface area contributed by atoms with Crippen molar-refractivity contribution in [2.45, 2.75) is 6.54 Å². The van der Waals surface area contributed by atoms with E-state index in [4.69, 9.17) is 4.74 Å². The molecule has 0 bridgehead atoms. The van der Waals surface area contributed by atoms with Crippen molar-refractivity contribution in [1.82, 2.24) is 19.7 Å². The molecule has 2 aromatic heterocycles. The fraction of sp³-hybridized carbons (Fsp3) is 0.0385. The lowest BCUT2D eigenvalue weighted by Gasteiger charge is -2.13. The fourth-order valence-corrected chi connectivity index (χ4v) is 3.44. The molecule has 0 spiro atoms. The third kappa shape index (κ3) is 4.34. The van der Waals surface area contributed by atoms with E-state index in [1.54, 1.807) is 18.7 Å². The summed E-state index contributed by atoms with van der Waals surface area (Å²) in [6.07, 6.45) is 5.32. The quantitative estimate of drug-likeness (QED) is 0.365. The first-order chi connectivity index (χ1) is 15.9. The van der Waals surface area contributed by atoms with Crippen molar-refractivity contribution in [1.29, 1.82) is 0 Å². The first-order valence-electron chi connectivity index (χ1n) is 10.3. The third-order valence-corrected chi connectivity index (χ3v) is 5.04. The van der Waals surface area contributed by atoms with Gasteiger partial charge in [0, 0.05) is 35.9 Å². The van der Waals surface area contributed by atoms with Gasteiger partial charge in [0.2, 0.25) is 0 Å². The zero-order chi connectivity index (χ0) is 21.6. The van der Waals surface area contributed by atoms with Crippen molar-refractivity contribution >= 4 is 5.69 Å². The average molecular weight is 419 g/mol. The van der Waals surface area contributed by atoms with Crippen LogP contribution in [0.4, 0.5) is 5.69 Å². The second-order valence-electron chi connectivity index (χ2n) is 7.19. The first kappa shape index (κ1) is 19.5. The Bertz CT molecular complexity index is 1280. The standard InChI is InChI=1S/C26H21N5O/c1-2-6-22(7-3-1)32-23-12-10-21(11-13-23)31-19-29-30-26(31)24-8-4-5-9-25(24)28-18-20-14-16-27-17-15-20/h1-17,19,28H,18H2. The third-order valence-electron chi connectivity index (χ3n) is 5.04. The van der Waals surface area contributed by atoms with E-state index < -0.39 is 0 Å². The van der Waals surface area contributed by atoms with E-state index in [0.29, 0.717) is 6.54 Å². The Labute approximate surface area is 186 Å². The fourth-order valence-electron chi connectivity index (χ4n) is 3.44. The molecule has 0 saturated carbocycles. The van der Waals surface area contributed by atoms with Crippen LogP contribution in [-0.4, -0.2) is 19.7 Å². The number of hydrogen-bond acceptors (Lipinski definition) is 5. The molecule has 0 aliphatic carbocycles. The molecule has 3 aromatic carbocycles. The molecule has 0 unspecified atom stereocenters. The SMILES string of the molecule is c1ccc(Oc2ccc(-n3cnnc3-c3ccccc3NCc3ccncc3)cc2)cc1. The van der Waals surface area contributed by atoms with Crippen molar-refractivity contribution in [3.05, 3.63) is 115 Å². The lowest BCUT2D eigenvalue weighted by atomic mass is 10.1. The molecule has 32 heavy (non-hydrogen) atoms. The Balaban J connectivity index is 1.39. The maximum atomic E-state index is 5.90. The summed E-state index contributed by atoms with van der Waals surface area (Å²) in [5.41, 5.74) is 4.07. The molecule has 1 N–H and O–H groups in total. The Morgan fingerprint density at radius 1 is 0.750 bits per heavy atom. The highest BCUT2D eigenvalue weighted by Gasteiger charge is 2.13. The van der Waals surface area contributed by atoms with Gasteiger partial charge in [0.25, 0.3) is 0 Å². The van der Waals surface area contributed by atoms with Crippen LogP contribution in [-0.2, 0) is 6.54 Å². The monoisotopic (exact) mass is 419 g/mol. The van der Waals surface area contributed by atoms with Crippen LogP contribution in [0, 0.1) is 0 Å². The van der Waals surface area contributed by atoms with Gasteiger partial charge in [-0.2, -0.15) is 0 Å². The summed E-state index contributed by atoms with van der Waals surface area (Å²) in [4.78, 5) is 4.07. The van der Waals surface area contributed by atoms with Crippen LogP contribution >= 0.6 is 0 Å². The predicted molar refractivity (Wildman–Crippen MR) is 125 cm³/mol. The van der Waals surface area contributed by atoms with Crippen LogP contribution < -0.4 is 10.1 Å². The number of nitrogens with one attached hydrogen (secondary N) is 1. The second kappa shape index (κ2) is 9.14. The zero-order valence-electron chi connectivity index (χ0n) is 17.3. The summed E-state index contributed by atoms with van der Waals surface area (Å²) >= 11 is 0. The Morgan fingerprint density at radius 3 is 2.28 bits per heavy atom. The van der Waals surface area contributed by atoms with Gasteiger partial charge in [-0.3, -0.25) is 9.55 Å². The zero-order valence-corrected chi connectivity index (χ0v) is 17.3. The van der Waals surface area contributed by atoms with Crippen LogP contribution in [0.5, 0.6) is 11.5 Å². The number of para-hydroxylation sites is 2. The van der Waals surface area contributed by atoms with Gasteiger partial charge in [-0.15, -0.1) is 10.2 Å². The summed E-state index contributed by atoms with van der Waals surface area (Å²) in [7, 11) is 0. The van der Waals surface area contributed by atoms with Gasteiger partial charge in [-0.1, -0.05) is 30.3 Å². The highest BCUT2D eigenvalue weighted by Crippen LogP contribution is 2.29. The molecule has 0 aliphatic heterocycles. The normalized spacial score (nSPS) is 10.6. The lowest BCUT2D eigenvalue weighted by Crippen LogP contribution is -2.03. The minimum atomic E-state index is 0.694. The van der Waals surface area contributed by atoms with Gasteiger partial charge in [0.1, 0.15) is 17.8 Å². The van der Waals surface area contributed by atoms with E-state index in [1.807, 2.05) is 95.6 Å². The number of nitrogens with zero attached hydrogens (tertiary/aromatic N) is 4. The van der Waals surface area contributed by atoms with Gasteiger partial charge in [0.05, 0.1) is 0 Å². The Kier molecular flexibility index (Phi) is 5.57. The summed E-state index contributed by atoms with van der Waals surface area (Å²) in [6.45, 7) is 0.694. The predicted octanol–water partition coefficient (Wildman–Crippen LogP) is 5.73. The number of anilines is 1. The van der Waals surface area contributed by atoms with E-state index >= 15 is 0 Å². The molecule has 0 atom stereocenters. The van der Waals surface area contributed by atoms with Crippen LogP contribution in [0.3, 0.4) is 0 Å². The van der Waals surface area contributed by atoms with Crippen molar-refractivity contribution in [2.24, 2.45) is 0 Å². The molecule has 5 rings (SSSR count). The number of pyridine rings is 1. The number of hydrogen-bond donors (Lipinski definition) is 1. The van der Waals surface area contributed by atoms with Gasteiger partial charge >= 0.3 is 0 Å². The van der Waals surface area contributed by atoms with Crippen molar-refractivity contribution in [3.63, 3.8) is 0 Å². The van der Waals surface area contributed by atoms with Crippen LogP contribution in [0.2, 0.25) is 0 Å².